The number of halogens is 1. The van der Waals surface area contributed by atoms with Gasteiger partial charge in [-0.05, 0) is 47.0 Å². The number of anilines is 1. The van der Waals surface area contributed by atoms with Crippen LogP contribution in [0.3, 0.4) is 0 Å². The van der Waals surface area contributed by atoms with E-state index in [1.165, 1.54) is 24.8 Å². The molecule has 3 N–H and O–H groups in total. The zero-order chi connectivity index (χ0) is 12.0. The van der Waals surface area contributed by atoms with E-state index < -0.39 is 0 Å². The SMILES string of the molecule is CCCCC(C)NCc1ccc(Br)c(N)c1. The third-order valence-electron chi connectivity index (χ3n) is 2.71. The second kappa shape index (κ2) is 6.92. The maximum Gasteiger partial charge on any atom is 0.0461 e. The van der Waals surface area contributed by atoms with Gasteiger partial charge in [0.1, 0.15) is 0 Å². The lowest BCUT2D eigenvalue weighted by Crippen LogP contribution is -2.25. The molecule has 0 bridgehead atoms. The minimum atomic E-state index is 0.574. The Bertz CT molecular complexity index is 326. The van der Waals surface area contributed by atoms with E-state index in [2.05, 4.69) is 41.2 Å². The number of nitrogens with two attached hydrogens (primary N) is 1. The minimum absolute atomic E-state index is 0.574. The smallest absolute Gasteiger partial charge is 0.0461 e. The first kappa shape index (κ1) is 13.5. The number of nitrogen functional groups attached to an aromatic ring is 1. The average Bonchev–Trinajstić information content (AvgIpc) is 2.28. The highest BCUT2D eigenvalue weighted by Crippen LogP contribution is 2.20. The first-order chi connectivity index (χ1) is 7.63. The molecule has 1 aromatic carbocycles. The molecule has 0 spiro atoms. The maximum atomic E-state index is 5.83. The summed E-state index contributed by atoms with van der Waals surface area (Å²) in [6.45, 7) is 5.35. The number of benzene rings is 1. The second-order valence-electron chi connectivity index (χ2n) is 4.28. The van der Waals surface area contributed by atoms with Crippen LogP contribution >= 0.6 is 15.9 Å². The molecule has 0 saturated heterocycles. The second-order valence-corrected chi connectivity index (χ2v) is 5.13. The molecule has 3 heteroatoms. The Kier molecular flexibility index (Phi) is 5.85. The van der Waals surface area contributed by atoms with Crippen LogP contribution < -0.4 is 11.1 Å². The molecule has 0 aromatic heterocycles. The molecule has 16 heavy (non-hydrogen) atoms. The topological polar surface area (TPSA) is 38.0 Å². The third-order valence-corrected chi connectivity index (χ3v) is 3.43. The molecule has 1 atom stereocenters. The van der Waals surface area contributed by atoms with Crippen molar-refractivity contribution in [3.05, 3.63) is 28.2 Å². The molecule has 2 nitrogen and oxygen atoms in total. The van der Waals surface area contributed by atoms with Crippen LogP contribution in [0.5, 0.6) is 0 Å². The van der Waals surface area contributed by atoms with Gasteiger partial charge in [-0.1, -0.05) is 25.8 Å². The van der Waals surface area contributed by atoms with Crippen molar-refractivity contribution in [1.82, 2.24) is 5.32 Å². The van der Waals surface area contributed by atoms with E-state index in [1.54, 1.807) is 0 Å². The summed E-state index contributed by atoms with van der Waals surface area (Å²) in [5.41, 5.74) is 7.88. The van der Waals surface area contributed by atoms with Gasteiger partial charge in [-0.3, -0.25) is 0 Å². The Labute approximate surface area is 107 Å². The fraction of sp³-hybridized carbons (Fsp3) is 0.538. The van der Waals surface area contributed by atoms with Crippen LogP contribution in [-0.4, -0.2) is 6.04 Å². The predicted octanol–water partition coefficient (Wildman–Crippen LogP) is 3.70. The molecule has 0 heterocycles. The Hall–Kier alpha value is -0.540. The zero-order valence-corrected chi connectivity index (χ0v) is 11.7. The standard InChI is InChI=1S/C13H21BrN2/c1-3-4-5-10(2)16-9-11-6-7-12(14)13(15)8-11/h6-8,10,16H,3-5,9,15H2,1-2H3. The molecular weight excluding hydrogens is 264 g/mol. The molecule has 90 valence electrons. The monoisotopic (exact) mass is 284 g/mol. The zero-order valence-electron chi connectivity index (χ0n) is 10.1. The summed E-state index contributed by atoms with van der Waals surface area (Å²) in [5.74, 6) is 0. The normalized spacial score (nSPS) is 12.7. The van der Waals surface area contributed by atoms with Crippen LogP contribution in [0, 0.1) is 0 Å². The molecular formula is C13H21BrN2. The Morgan fingerprint density at radius 1 is 1.44 bits per heavy atom. The number of hydrogen-bond donors (Lipinski definition) is 2. The van der Waals surface area contributed by atoms with E-state index in [1.807, 2.05) is 12.1 Å². The van der Waals surface area contributed by atoms with E-state index in [4.69, 9.17) is 5.73 Å². The van der Waals surface area contributed by atoms with Gasteiger partial charge in [0.05, 0.1) is 0 Å². The van der Waals surface area contributed by atoms with Crippen molar-refractivity contribution >= 4 is 21.6 Å². The Balaban J connectivity index is 2.39. The van der Waals surface area contributed by atoms with Gasteiger partial charge in [-0.15, -0.1) is 0 Å². The van der Waals surface area contributed by atoms with Crippen molar-refractivity contribution in [3.8, 4) is 0 Å². The van der Waals surface area contributed by atoms with Crippen LogP contribution in [0.15, 0.2) is 22.7 Å². The molecule has 1 aromatic rings. The Morgan fingerprint density at radius 2 is 2.19 bits per heavy atom. The van der Waals surface area contributed by atoms with Crippen molar-refractivity contribution in [1.29, 1.82) is 0 Å². The summed E-state index contributed by atoms with van der Waals surface area (Å²) in [6.07, 6.45) is 3.79. The van der Waals surface area contributed by atoms with Crippen LogP contribution in [-0.2, 0) is 6.54 Å². The van der Waals surface area contributed by atoms with Gasteiger partial charge in [-0.25, -0.2) is 0 Å². The molecule has 0 aliphatic carbocycles. The van der Waals surface area contributed by atoms with Crippen molar-refractivity contribution in [3.63, 3.8) is 0 Å². The van der Waals surface area contributed by atoms with Gasteiger partial charge in [0.15, 0.2) is 0 Å². The highest BCUT2D eigenvalue weighted by Gasteiger charge is 2.02. The molecule has 0 aliphatic heterocycles. The average molecular weight is 285 g/mol. The lowest BCUT2D eigenvalue weighted by Gasteiger charge is -2.13. The Morgan fingerprint density at radius 3 is 2.81 bits per heavy atom. The van der Waals surface area contributed by atoms with Crippen LogP contribution in [0.25, 0.3) is 0 Å². The molecule has 1 unspecified atom stereocenters. The fourth-order valence-electron chi connectivity index (χ4n) is 1.61. The van der Waals surface area contributed by atoms with Crippen LogP contribution in [0.4, 0.5) is 5.69 Å². The van der Waals surface area contributed by atoms with E-state index in [-0.39, 0.29) is 0 Å². The van der Waals surface area contributed by atoms with Gasteiger partial charge >= 0.3 is 0 Å². The molecule has 1 rings (SSSR count). The molecule has 0 amide bonds. The van der Waals surface area contributed by atoms with Crippen molar-refractivity contribution < 1.29 is 0 Å². The number of nitrogens with one attached hydrogen (secondary N) is 1. The summed E-state index contributed by atoms with van der Waals surface area (Å²) in [7, 11) is 0. The molecule has 0 saturated carbocycles. The van der Waals surface area contributed by atoms with Gasteiger partial charge in [0.25, 0.3) is 0 Å². The summed E-state index contributed by atoms with van der Waals surface area (Å²) >= 11 is 3.40. The van der Waals surface area contributed by atoms with Crippen molar-refractivity contribution in [2.75, 3.05) is 5.73 Å². The van der Waals surface area contributed by atoms with Crippen molar-refractivity contribution in [2.24, 2.45) is 0 Å². The predicted molar refractivity (Wildman–Crippen MR) is 74.4 cm³/mol. The molecule has 0 fully saturated rings. The van der Waals surface area contributed by atoms with Crippen molar-refractivity contribution in [2.45, 2.75) is 45.7 Å². The van der Waals surface area contributed by atoms with Gasteiger partial charge in [0.2, 0.25) is 0 Å². The lowest BCUT2D eigenvalue weighted by molar-refractivity contribution is 0.495. The highest BCUT2D eigenvalue weighted by molar-refractivity contribution is 9.10. The van der Waals surface area contributed by atoms with Crippen LogP contribution in [0.1, 0.15) is 38.7 Å². The molecule has 0 aliphatic rings. The van der Waals surface area contributed by atoms with Gasteiger partial charge < -0.3 is 11.1 Å². The third kappa shape index (κ3) is 4.54. The maximum absolute atomic E-state index is 5.83. The minimum Gasteiger partial charge on any atom is -0.398 e. The highest BCUT2D eigenvalue weighted by atomic mass is 79.9. The number of unbranched alkanes of at least 4 members (excludes halogenated alkanes) is 1. The van der Waals surface area contributed by atoms with Crippen LogP contribution in [0.2, 0.25) is 0 Å². The van der Waals surface area contributed by atoms with Gasteiger partial charge in [0, 0.05) is 22.7 Å². The summed E-state index contributed by atoms with van der Waals surface area (Å²) in [5, 5.41) is 3.51. The lowest BCUT2D eigenvalue weighted by atomic mass is 10.1. The number of rotatable bonds is 6. The van der Waals surface area contributed by atoms with Gasteiger partial charge in [-0.2, -0.15) is 0 Å². The molecule has 0 radical (unpaired) electrons. The van der Waals surface area contributed by atoms with E-state index >= 15 is 0 Å². The summed E-state index contributed by atoms with van der Waals surface area (Å²) in [4.78, 5) is 0. The van der Waals surface area contributed by atoms with E-state index in [0.717, 1.165) is 16.7 Å². The largest absolute Gasteiger partial charge is 0.398 e. The summed E-state index contributed by atoms with van der Waals surface area (Å²) < 4.78 is 0.968. The van der Waals surface area contributed by atoms with E-state index in [0.29, 0.717) is 6.04 Å². The summed E-state index contributed by atoms with van der Waals surface area (Å²) in [6, 6.07) is 6.69. The fourth-order valence-corrected chi connectivity index (χ4v) is 1.85. The first-order valence-electron chi connectivity index (χ1n) is 5.90. The quantitative estimate of drug-likeness (QED) is 0.782. The first-order valence-corrected chi connectivity index (χ1v) is 6.70. The van der Waals surface area contributed by atoms with E-state index in [9.17, 15) is 0 Å². The number of hydrogen-bond acceptors (Lipinski definition) is 2.